The molecule has 1 atom stereocenters. The van der Waals surface area contributed by atoms with Crippen LogP contribution in [0.4, 0.5) is 17.6 Å². The number of hydrogen-bond acceptors (Lipinski definition) is 2. The first kappa shape index (κ1) is 20.2. The summed E-state index contributed by atoms with van der Waals surface area (Å²) in [4.78, 5) is 23.2. The van der Waals surface area contributed by atoms with Crippen molar-refractivity contribution in [3.05, 3.63) is 77.1 Å². The summed E-state index contributed by atoms with van der Waals surface area (Å²) in [5.41, 5.74) is 0.0636. The van der Waals surface area contributed by atoms with Gasteiger partial charge in [0.05, 0.1) is 5.56 Å². The van der Waals surface area contributed by atoms with Crippen LogP contribution in [0, 0.1) is 5.82 Å². The number of alkyl halides is 3. The molecule has 0 fully saturated rings. The normalized spacial score (nSPS) is 12.7. The number of carbonyl (C=O) groups excluding carboxylic acids is 1. The van der Waals surface area contributed by atoms with Gasteiger partial charge in [0.25, 0.3) is 0 Å². The summed E-state index contributed by atoms with van der Waals surface area (Å²) in [6.45, 7) is 0. The molecule has 142 valence electrons. The van der Waals surface area contributed by atoms with Crippen LogP contribution in [0.2, 0.25) is 0 Å². The molecule has 4 nitrogen and oxygen atoms in total. The first-order valence-electron chi connectivity index (χ1n) is 7.78. The summed E-state index contributed by atoms with van der Waals surface area (Å²) in [6, 6.07) is 8.10. The summed E-state index contributed by atoms with van der Waals surface area (Å²) < 4.78 is 50.4. The summed E-state index contributed by atoms with van der Waals surface area (Å²) in [5, 5.41) is 11.5. The molecule has 0 saturated heterocycles. The standard InChI is InChI=1S/C19H15F4NO3/c20-15-8-3-13(4-9-15)11-16(18(26)27)24-17(25)10-5-12-1-6-14(7-2-12)19(21,22)23/h1-10,16H,11H2,(H,24,25)(H,26,27)/t16-/m0/s1. The molecule has 1 amide bonds. The zero-order valence-electron chi connectivity index (χ0n) is 13.8. The average molecular weight is 381 g/mol. The van der Waals surface area contributed by atoms with Gasteiger partial charge in [0.1, 0.15) is 11.9 Å². The first-order chi connectivity index (χ1) is 12.6. The molecule has 2 aromatic rings. The Morgan fingerprint density at radius 1 is 1.04 bits per heavy atom. The molecule has 2 rings (SSSR count). The molecule has 2 aromatic carbocycles. The highest BCUT2D eigenvalue weighted by Gasteiger charge is 2.29. The fourth-order valence-electron chi connectivity index (χ4n) is 2.23. The Labute approximate surface area is 152 Å². The van der Waals surface area contributed by atoms with Crippen LogP contribution in [0.25, 0.3) is 6.08 Å². The van der Waals surface area contributed by atoms with Gasteiger partial charge in [-0.3, -0.25) is 4.79 Å². The lowest BCUT2D eigenvalue weighted by Gasteiger charge is -2.13. The van der Waals surface area contributed by atoms with Gasteiger partial charge in [-0.25, -0.2) is 9.18 Å². The van der Waals surface area contributed by atoms with Crippen LogP contribution in [-0.4, -0.2) is 23.0 Å². The monoisotopic (exact) mass is 381 g/mol. The minimum Gasteiger partial charge on any atom is -0.480 e. The van der Waals surface area contributed by atoms with E-state index in [1.54, 1.807) is 0 Å². The van der Waals surface area contributed by atoms with Crippen molar-refractivity contribution in [1.29, 1.82) is 0 Å². The Morgan fingerprint density at radius 3 is 2.15 bits per heavy atom. The molecule has 0 aliphatic heterocycles. The van der Waals surface area contributed by atoms with Crippen molar-refractivity contribution >= 4 is 18.0 Å². The Bertz CT molecular complexity index is 828. The zero-order valence-corrected chi connectivity index (χ0v) is 13.8. The lowest BCUT2D eigenvalue weighted by atomic mass is 10.1. The van der Waals surface area contributed by atoms with Crippen molar-refractivity contribution in [3.8, 4) is 0 Å². The molecular formula is C19H15F4NO3. The van der Waals surface area contributed by atoms with E-state index >= 15 is 0 Å². The van der Waals surface area contributed by atoms with E-state index in [4.69, 9.17) is 0 Å². The molecule has 0 aliphatic carbocycles. The van der Waals surface area contributed by atoms with E-state index in [0.717, 1.165) is 18.2 Å². The van der Waals surface area contributed by atoms with Crippen LogP contribution >= 0.6 is 0 Å². The maximum absolute atomic E-state index is 12.9. The second-order valence-corrected chi connectivity index (χ2v) is 5.68. The van der Waals surface area contributed by atoms with Gasteiger partial charge in [-0.05, 0) is 41.5 Å². The number of rotatable bonds is 6. The van der Waals surface area contributed by atoms with Gasteiger partial charge in [0.2, 0.25) is 5.91 Å². The van der Waals surface area contributed by atoms with Crippen LogP contribution in [0.1, 0.15) is 16.7 Å². The third-order valence-corrected chi connectivity index (χ3v) is 3.63. The van der Waals surface area contributed by atoms with Gasteiger partial charge in [0.15, 0.2) is 0 Å². The molecule has 8 heteroatoms. The van der Waals surface area contributed by atoms with Crippen molar-refractivity contribution in [1.82, 2.24) is 5.32 Å². The third kappa shape index (κ3) is 6.25. The van der Waals surface area contributed by atoms with E-state index in [9.17, 15) is 32.3 Å². The number of carboxylic acids is 1. The van der Waals surface area contributed by atoms with Gasteiger partial charge in [-0.1, -0.05) is 24.3 Å². The molecule has 0 bridgehead atoms. The van der Waals surface area contributed by atoms with Gasteiger partial charge in [0, 0.05) is 12.5 Å². The quantitative estimate of drug-likeness (QED) is 0.593. The first-order valence-corrected chi connectivity index (χ1v) is 7.78. The lowest BCUT2D eigenvalue weighted by Crippen LogP contribution is -2.41. The number of benzene rings is 2. The fourth-order valence-corrected chi connectivity index (χ4v) is 2.23. The molecule has 0 unspecified atom stereocenters. The minimum atomic E-state index is -4.45. The smallest absolute Gasteiger partial charge is 0.416 e. The van der Waals surface area contributed by atoms with Gasteiger partial charge in [-0.2, -0.15) is 13.2 Å². The van der Waals surface area contributed by atoms with Crippen LogP contribution in [0.15, 0.2) is 54.6 Å². The summed E-state index contributed by atoms with van der Waals surface area (Å²) in [5.74, 6) is -2.45. The number of amides is 1. The Morgan fingerprint density at radius 2 is 1.63 bits per heavy atom. The zero-order chi connectivity index (χ0) is 20.0. The van der Waals surface area contributed by atoms with E-state index in [0.29, 0.717) is 11.1 Å². The third-order valence-electron chi connectivity index (χ3n) is 3.63. The Hall–Kier alpha value is -3.16. The maximum Gasteiger partial charge on any atom is 0.416 e. The van der Waals surface area contributed by atoms with Crippen molar-refractivity contribution in [3.63, 3.8) is 0 Å². The van der Waals surface area contributed by atoms with Crippen LogP contribution in [-0.2, 0) is 22.2 Å². The van der Waals surface area contributed by atoms with E-state index in [2.05, 4.69) is 5.32 Å². The SMILES string of the molecule is O=C(C=Cc1ccc(C(F)(F)F)cc1)N[C@@H](Cc1ccc(F)cc1)C(=O)O. The number of hydrogen-bond donors (Lipinski definition) is 2. The topological polar surface area (TPSA) is 66.4 Å². The molecule has 0 radical (unpaired) electrons. The highest BCUT2D eigenvalue weighted by atomic mass is 19.4. The fraction of sp³-hybridized carbons (Fsp3) is 0.158. The lowest BCUT2D eigenvalue weighted by molar-refractivity contribution is -0.141. The number of carbonyl (C=O) groups is 2. The molecule has 0 saturated carbocycles. The summed E-state index contributed by atoms with van der Waals surface area (Å²) in [6.07, 6.45) is -2.19. The maximum atomic E-state index is 12.9. The molecule has 2 N–H and O–H groups in total. The molecule has 0 aliphatic rings. The van der Waals surface area contributed by atoms with E-state index in [1.165, 1.54) is 42.5 Å². The van der Waals surface area contributed by atoms with Gasteiger partial charge < -0.3 is 10.4 Å². The molecule has 0 heterocycles. The number of aliphatic carboxylic acids is 1. The van der Waals surface area contributed by atoms with E-state index < -0.39 is 35.5 Å². The van der Waals surface area contributed by atoms with Gasteiger partial charge in [-0.15, -0.1) is 0 Å². The van der Waals surface area contributed by atoms with Crippen molar-refractivity contribution in [2.45, 2.75) is 18.6 Å². The number of halogens is 4. The Kier molecular flexibility index (Phi) is 6.33. The van der Waals surface area contributed by atoms with E-state index in [1.807, 2.05) is 0 Å². The molecule has 0 aromatic heterocycles. The average Bonchev–Trinajstić information content (AvgIpc) is 2.60. The predicted molar refractivity (Wildman–Crippen MR) is 90.1 cm³/mol. The molecule has 27 heavy (non-hydrogen) atoms. The van der Waals surface area contributed by atoms with Crippen LogP contribution in [0.3, 0.4) is 0 Å². The number of nitrogens with one attached hydrogen (secondary N) is 1. The van der Waals surface area contributed by atoms with Crippen LogP contribution in [0.5, 0.6) is 0 Å². The second kappa shape index (κ2) is 8.48. The minimum absolute atomic E-state index is 0.0462. The highest BCUT2D eigenvalue weighted by Crippen LogP contribution is 2.29. The molecular weight excluding hydrogens is 366 g/mol. The predicted octanol–water partition coefficient (Wildman–Crippen LogP) is 3.67. The van der Waals surface area contributed by atoms with Gasteiger partial charge >= 0.3 is 12.1 Å². The van der Waals surface area contributed by atoms with Crippen molar-refractivity contribution in [2.75, 3.05) is 0 Å². The Balaban J connectivity index is 1.99. The molecule has 0 spiro atoms. The highest BCUT2D eigenvalue weighted by molar-refractivity contribution is 5.94. The number of carboxylic acid groups (broad SMARTS) is 1. The van der Waals surface area contributed by atoms with Crippen molar-refractivity contribution in [2.24, 2.45) is 0 Å². The summed E-state index contributed by atoms with van der Waals surface area (Å²) >= 11 is 0. The van der Waals surface area contributed by atoms with E-state index in [-0.39, 0.29) is 6.42 Å². The second-order valence-electron chi connectivity index (χ2n) is 5.68. The van der Waals surface area contributed by atoms with Crippen molar-refractivity contribution < 1.29 is 32.3 Å². The summed E-state index contributed by atoms with van der Waals surface area (Å²) in [7, 11) is 0. The largest absolute Gasteiger partial charge is 0.480 e. The van der Waals surface area contributed by atoms with Crippen LogP contribution < -0.4 is 5.32 Å².